The SMILES string of the molecule is COCC(C)CON. The summed E-state index contributed by atoms with van der Waals surface area (Å²) in [5.41, 5.74) is 0. The van der Waals surface area contributed by atoms with E-state index in [9.17, 15) is 0 Å². The van der Waals surface area contributed by atoms with Gasteiger partial charge in [-0.25, -0.2) is 5.90 Å². The third kappa shape index (κ3) is 4.05. The van der Waals surface area contributed by atoms with E-state index in [0.29, 0.717) is 19.1 Å². The Balaban J connectivity index is 2.92. The van der Waals surface area contributed by atoms with Gasteiger partial charge in [-0.15, -0.1) is 0 Å². The summed E-state index contributed by atoms with van der Waals surface area (Å²) in [6.45, 7) is 3.28. The molecule has 0 bridgehead atoms. The zero-order valence-corrected chi connectivity index (χ0v) is 5.39. The minimum absolute atomic E-state index is 0.394. The van der Waals surface area contributed by atoms with Crippen LogP contribution in [0, 0.1) is 5.92 Å². The predicted molar refractivity (Wildman–Crippen MR) is 31.2 cm³/mol. The lowest BCUT2D eigenvalue weighted by Crippen LogP contribution is -2.14. The Hall–Kier alpha value is -0.120. The highest BCUT2D eigenvalue weighted by molar-refractivity contribution is 4.45. The normalized spacial score (nSPS) is 13.9. The minimum Gasteiger partial charge on any atom is -0.384 e. The molecule has 1 atom stereocenters. The van der Waals surface area contributed by atoms with Crippen molar-refractivity contribution < 1.29 is 9.57 Å². The van der Waals surface area contributed by atoms with Crippen molar-refractivity contribution in [1.29, 1.82) is 0 Å². The lowest BCUT2D eigenvalue weighted by Gasteiger charge is -2.05. The van der Waals surface area contributed by atoms with Crippen LogP contribution in [0.2, 0.25) is 0 Å². The van der Waals surface area contributed by atoms with Crippen molar-refractivity contribution in [2.24, 2.45) is 11.8 Å². The number of ether oxygens (including phenoxy) is 1. The van der Waals surface area contributed by atoms with Crippen LogP contribution in [0.4, 0.5) is 0 Å². The average Bonchev–Trinajstić information content (AvgIpc) is 1.68. The third-order valence-electron chi connectivity index (χ3n) is 0.832. The van der Waals surface area contributed by atoms with E-state index in [1.807, 2.05) is 6.92 Å². The fourth-order valence-electron chi connectivity index (χ4n) is 0.497. The van der Waals surface area contributed by atoms with Gasteiger partial charge in [-0.2, -0.15) is 0 Å². The molecule has 0 saturated heterocycles. The topological polar surface area (TPSA) is 44.5 Å². The quantitative estimate of drug-likeness (QED) is 0.536. The zero-order chi connectivity index (χ0) is 6.41. The lowest BCUT2D eigenvalue weighted by atomic mass is 10.2. The van der Waals surface area contributed by atoms with Crippen molar-refractivity contribution in [1.82, 2.24) is 0 Å². The molecule has 0 rings (SSSR count). The van der Waals surface area contributed by atoms with E-state index in [0.717, 1.165) is 0 Å². The molecule has 8 heavy (non-hydrogen) atoms. The van der Waals surface area contributed by atoms with E-state index < -0.39 is 0 Å². The van der Waals surface area contributed by atoms with Crippen molar-refractivity contribution >= 4 is 0 Å². The van der Waals surface area contributed by atoms with Gasteiger partial charge in [-0.1, -0.05) is 6.92 Å². The standard InChI is InChI=1S/C5H13NO2/c1-5(3-7-2)4-8-6/h5H,3-4,6H2,1-2H3. The fraction of sp³-hybridized carbons (Fsp3) is 1.00. The maximum absolute atomic E-state index is 4.82. The second kappa shape index (κ2) is 5.03. The van der Waals surface area contributed by atoms with E-state index in [-0.39, 0.29) is 0 Å². The number of nitrogens with two attached hydrogens (primary N) is 1. The highest BCUT2D eigenvalue weighted by atomic mass is 16.6. The van der Waals surface area contributed by atoms with Crippen molar-refractivity contribution in [3.05, 3.63) is 0 Å². The van der Waals surface area contributed by atoms with Crippen molar-refractivity contribution in [2.45, 2.75) is 6.92 Å². The number of rotatable bonds is 4. The summed E-state index contributed by atoms with van der Waals surface area (Å²) >= 11 is 0. The summed E-state index contributed by atoms with van der Waals surface area (Å²) in [5, 5.41) is 0. The Labute approximate surface area is 49.7 Å². The Morgan fingerprint density at radius 2 is 2.12 bits per heavy atom. The molecule has 0 radical (unpaired) electrons. The van der Waals surface area contributed by atoms with E-state index in [4.69, 9.17) is 10.6 Å². The zero-order valence-electron chi connectivity index (χ0n) is 5.39. The highest BCUT2D eigenvalue weighted by Gasteiger charge is 1.97. The van der Waals surface area contributed by atoms with Crippen LogP contribution < -0.4 is 5.90 Å². The lowest BCUT2D eigenvalue weighted by molar-refractivity contribution is 0.0651. The molecule has 0 heterocycles. The van der Waals surface area contributed by atoms with E-state index >= 15 is 0 Å². The molecule has 0 aromatic carbocycles. The molecule has 0 aliphatic heterocycles. The summed E-state index contributed by atoms with van der Waals surface area (Å²) in [4.78, 5) is 4.38. The number of methoxy groups -OCH3 is 1. The molecular formula is C5H13NO2. The molecule has 1 unspecified atom stereocenters. The monoisotopic (exact) mass is 119 g/mol. The first-order valence-electron chi connectivity index (χ1n) is 2.62. The summed E-state index contributed by atoms with van der Waals surface area (Å²) in [7, 11) is 1.66. The largest absolute Gasteiger partial charge is 0.384 e. The van der Waals surface area contributed by atoms with Gasteiger partial charge in [0.05, 0.1) is 13.2 Å². The van der Waals surface area contributed by atoms with Crippen LogP contribution in [0.25, 0.3) is 0 Å². The molecule has 3 heteroatoms. The minimum atomic E-state index is 0.394. The Bertz CT molecular complexity index is 43.7. The number of hydrogen-bond donors (Lipinski definition) is 1. The summed E-state index contributed by atoms with van der Waals surface area (Å²) in [6, 6.07) is 0. The van der Waals surface area contributed by atoms with Crippen LogP contribution in [0.1, 0.15) is 6.92 Å². The molecular weight excluding hydrogens is 106 g/mol. The molecule has 0 saturated carbocycles. The third-order valence-corrected chi connectivity index (χ3v) is 0.832. The molecule has 3 nitrogen and oxygen atoms in total. The second-order valence-corrected chi connectivity index (χ2v) is 1.89. The first kappa shape index (κ1) is 7.88. The first-order valence-corrected chi connectivity index (χ1v) is 2.62. The van der Waals surface area contributed by atoms with Gasteiger partial charge < -0.3 is 9.57 Å². The fourth-order valence-corrected chi connectivity index (χ4v) is 0.497. The van der Waals surface area contributed by atoms with Crippen molar-refractivity contribution in [2.75, 3.05) is 20.3 Å². The Kier molecular flexibility index (Phi) is 4.95. The smallest absolute Gasteiger partial charge is 0.0726 e. The molecule has 0 aliphatic rings. The average molecular weight is 119 g/mol. The molecule has 0 fully saturated rings. The molecule has 0 aromatic rings. The first-order chi connectivity index (χ1) is 3.81. The second-order valence-electron chi connectivity index (χ2n) is 1.89. The van der Waals surface area contributed by atoms with Crippen LogP contribution in [0.5, 0.6) is 0 Å². The molecule has 0 spiro atoms. The Morgan fingerprint density at radius 3 is 2.50 bits per heavy atom. The predicted octanol–water partition coefficient (Wildman–Crippen LogP) is 0.159. The maximum Gasteiger partial charge on any atom is 0.0726 e. The van der Waals surface area contributed by atoms with Crippen LogP contribution in [0.15, 0.2) is 0 Å². The molecule has 0 aliphatic carbocycles. The summed E-state index contributed by atoms with van der Waals surface area (Å²) in [6.07, 6.45) is 0. The summed E-state index contributed by atoms with van der Waals surface area (Å²) in [5.74, 6) is 5.20. The van der Waals surface area contributed by atoms with Crippen molar-refractivity contribution in [3.8, 4) is 0 Å². The van der Waals surface area contributed by atoms with Crippen LogP contribution >= 0.6 is 0 Å². The van der Waals surface area contributed by atoms with Gasteiger partial charge in [0.25, 0.3) is 0 Å². The van der Waals surface area contributed by atoms with E-state index in [1.54, 1.807) is 7.11 Å². The molecule has 0 aromatic heterocycles. The van der Waals surface area contributed by atoms with Crippen LogP contribution in [-0.4, -0.2) is 20.3 Å². The van der Waals surface area contributed by atoms with Gasteiger partial charge in [0, 0.05) is 13.0 Å². The molecule has 0 amide bonds. The molecule has 50 valence electrons. The summed E-state index contributed by atoms with van der Waals surface area (Å²) < 4.78 is 4.82. The van der Waals surface area contributed by atoms with Gasteiger partial charge in [-0.3, -0.25) is 0 Å². The van der Waals surface area contributed by atoms with E-state index in [1.165, 1.54) is 0 Å². The number of hydrogen-bond acceptors (Lipinski definition) is 3. The van der Waals surface area contributed by atoms with Gasteiger partial charge in [0.2, 0.25) is 0 Å². The van der Waals surface area contributed by atoms with Crippen LogP contribution in [-0.2, 0) is 9.57 Å². The highest BCUT2D eigenvalue weighted by Crippen LogP contribution is 1.92. The van der Waals surface area contributed by atoms with Gasteiger partial charge >= 0.3 is 0 Å². The van der Waals surface area contributed by atoms with Gasteiger partial charge in [-0.05, 0) is 0 Å². The van der Waals surface area contributed by atoms with Gasteiger partial charge in [0.1, 0.15) is 0 Å². The Morgan fingerprint density at radius 1 is 1.50 bits per heavy atom. The molecule has 2 N–H and O–H groups in total. The van der Waals surface area contributed by atoms with Gasteiger partial charge in [0.15, 0.2) is 0 Å². The van der Waals surface area contributed by atoms with Crippen molar-refractivity contribution in [3.63, 3.8) is 0 Å². The van der Waals surface area contributed by atoms with Crippen LogP contribution in [0.3, 0.4) is 0 Å². The maximum atomic E-state index is 4.82. The van der Waals surface area contributed by atoms with E-state index in [2.05, 4.69) is 4.84 Å².